The summed E-state index contributed by atoms with van der Waals surface area (Å²) in [6, 6.07) is 1.46. The minimum absolute atomic E-state index is 0.0479. The van der Waals surface area contributed by atoms with Gasteiger partial charge >= 0.3 is 6.18 Å². The van der Waals surface area contributed by atoms with Crippen LogP contribution < -0.4 is 10.2 Å². The molecule has 3 heterocycles. The van der Waals surface area contributed by atoms with E-state index in [9.17, 15) is 17.6 Å². The predicted octanol–water partition coefficient (Wildman–Crippen LogP) is 3.41. The molecule has 1 aliphatic heterocycles. The number of anilines is 1. The highest BCUT2D eigenvalue weighted by Crippen LogP contribution is 2.38. The molecule has 1 fully saturated rings. The van der Waals surface area contributed by atoms with Gasteiger partial charge in [0.2, 0.25) is 0 Å². The van der Waals surface area contributed by atoms with Crippen LogP contribution in [0.15, 0.2) is 17.6 Å². The number of piperazine rings is 1. The van der Waals surface area contributed by atoms with Crippen LogP contribution in [0.3, 0.4) is 0 Å². The van der Waals surface area contributed by atoms with Crippen molar-refractivity contribution < 1.29 is 17.6 Å². The molecule has 1 saturated heterocycles. The van der Waals surface area contributed by atoms with Gasteiger partial charge < -0.3 is 10.2 Å². The van der Waals surface area contributed by atoms with E-state index in [0.717, 1.165) is 19.2 Å². The molecule has 9 heteroatoms. The van der Waals surface area contributed by atoms with Crippen LogP contribution in [0.25, 0.3) is 21.1 Å². The number of nitrogens with one attached hydrogen (secondary N) is 1. The van der Waals surface area contributed by atoms with E-state index in [0.29, 0.717) is 35.2 Å². The third-order valence-electron chi connectivity index (χ3n) is 4.05. The van der Waals surface area contributed by atoms with Gasteiger partial charge in [-0.25, -0.2) is 14.4 Å². The number of hydrogen-bond donors (Lipinski definition) is 1. The highest BCUT2D eigenvalue weighted by molar-refractivity contribution is 7.17. The van der Waals surface area contributed by atoms with Crippen LogP contribution in [0.5, 0.6) is 0 Å². The molecular formula is C15H12F4N4S. The van der Waals surface area contributed by atoms with Crippen LogP contribution in [0.1, 0.15) is 5.56 Å². The summed E-state index contributed by atoms with van der Waals surface area (Å²) in [6.45, 7) is 2.91. The van der Waals surface area contributed by atoms with Crippen molar-refractivity contribution in [3.63, 3.8) is 0 Å². The SMILES string of the molecule is Fc1cc(C(F)(F)F)cc2c1nc(N1CCNCC1)c1ncsc12. The number of alkyl halides is 3. The number of pyridine rings is 1. The number of thiazole rings is 1. The first kappa shape index (κ1) is 15.5. The molecule has 0 amide bonds. The van der Waals surface area contributed by atoms with Crippen molar-refractivity contribution >= 4 is 38.3 Å². The fourth-order valence-electron chi connectivity index (χ4n) is 2.90. The summed E-state index contributed by atoms with van der Waals surface area (Å²) in [4.78, 5) is 10.6. The second-order valence-corrected chi connectivity index (χ2v) is 6.41. The summed E-state index contributed by atoms with van der Waals surface area (Å²) in [5, 5.41) is 3.36. The minimum atomic E-state index is -4.61. The molecule has 1 N–H and O–H groups in total. The van der Waals surface area contributed by atoms with Crippen molar-refractivity contribution in [2.45, 2.75) is 6.18 Å². The van der Waals surface area contributed by atoms with Crippen molar-refractivity contribution in [1.82, 2.24) is 15.3 Å². The van der Waals surface area contributed by atoms with E-state index >= 15 is 0 Å². The van der Waals surface area contributed by atoms with Gasteiger partial charge in [-0.2, -0.15) is 13.2 Å². The molecule has 0 aliphatic carbocycles. The van der Waals surface area contributed by atoms with Crippen molar-refractivity contribution in [3.8, 4) is 0 Å². The van der Waals surface area contributed by atoms with E-state index in [1.807, 2.05) is 4.90 Å². The summed E-state index contributed by atoms with van der Waals surface area (Å²) >= 11 is 1.20. The zero-order valence-corrected chi connectivity index (χ0v) is 13.1. The lowest BCUT2D eigenvalue weighted by molar-refractivity contribution is -0.137. The second-order valence-electron chi connectivity index (χ2n) is 5.55. The van der Waals surface area contributed by atoms with Crippen LogP contribution in [0, 0.1) is 5.82 Å². The van der Waals surface area contributed by atoms with Gasteiger partial charge in [-0.3, -0.25) is 0 Å². The fraction of sp³-hybridized carbons (Fsp3) is 0.333. The van der Waals surface area contributed by atoms with Gasteiger partial charge in [-0.15, -0.1) is 11.3 Å². The molecule has 126 valence electrons. The largest absolute Gasteiger partial charge is 0.416 e. The Balaban J connectivity index is 2.00. The van der Waals surface area contributed by atoms with Crippen molar-refractivity contribution in [1.29, 1.82) is 0 Å². The molecule has 3 aromatic rings. The number of fused-ring (bicyclic) bond motifs is 3. The zero-order valence-electron chi connectivity index (χ0n) is 12.3. The van der Waals surface area contributed by atoms with Gasteiger partial charge in [0.1, 0.15) is 16.9 Å². The summed E-state index contributed by atoms with van der Waals surface area (Å²) < 4.78 is 53.8. The Morgan fingerprint density at radius 3 is 2.58 bits per heavy atom. The highest BCUT2D eigenvalue weighted by Gasteiger charge is 2.32. The lowest BCUT2D eigenvalue weighted by Crippen LogP contribution is -2.44. The molecule has 1 aromatic carbocycles. The maximum atomic E-state index is 14.3. The Kier molecular flexibility index (Phi) is 3.57. The minimum Gasteiger partial charge on any atom is -0.352 e. The Morgan fingerprint density at radius 1 is 1.12 bits per heavy atom. The topological polar surface area (TPSA) is 41.1 Å². The Labute approximate surface area is 138 Å². The fourth-order valence-corrected chi connectivity index (χ4v) is 3.70. The lowest BCUT2D eigenvalue weighted by Gasteiger charge is -2.28. The molecule has 2 aromatic heterocycles. The van der Waals surface area contributed by atoms with Gasteiger partial charge in [-0.05, 0) is 12.1 Å². The number of hydrogen-bond acceptors (Lipinski definition) is 5. The maximum Gasteiger partial charge on any atom is 0.416 e. The van der Waals surface area contributed by atoms with Crippen LogP contribution >= 0.6 is 11.3 Å². The number of benzene rings is 1. The van der Waals surface area contributed by atoms with Gasteiger partial charge in [0, 0.05) is 31.6 Å². The highest BCUT2D eigenvalue weighted by atomic mass is 32.1. The van der Waals surface area contributed by atoms with Gasteiger partial charge in [0.15, 0.2) is 5.82 Å². The maximum absolute atomic E-state index is 14.3. The van der Waals surface area contributed by atoms with E-state index in [2.05, 4.69) is 15.3 Å². The Morgan fingerprint density at radius 2 is 1.88 bits per heavy atom. The van der Waals surface area contributed by atoms with Crippen molar-refractivity contribution in [3.05, 3.63) is 29.0 Å². The van der Waals surface area contributed by atoms with Crippen molar-refractivity contribution in [2.75, 3.05) is 31.1 Å². The third-order valence-corrected chi connectivity index (χ3v) is 4.91. The molecule has 24 heavy (non-hydrogen) atoms. The molecule has 4 nitrogen and oxygen atoms in total. The average molecular weight is 356 g/mol. The van der Waals surface area contributed by atoms with Gasteiger partial charge in [0.25, 0.3) is 0 Å². The molecule has 0 unspecified atom stereocenters. The number of aromatic nitrogens is 2. The van der Waals surface area contributed by atoms with Crippen LogP contribution in [0.2, 0.25) is 0 Å². The second kappa shape index (κ2) is 5.52. The number of halogens is 4. The first-order valence-electron chi connectivity index (χ1n) is 7.34. The molecular weight excluding hydrogens is 344 g/mol. The normalized spacial score (nSPS) is 16.2. The van der Waals surface area contributed by atoms with Crippen molar-refractivity contribution in [2.24, 2.45) is 0 Å². The zero-order chi connectivity index (χ0) is 16.9. The van der Waals surface area contributed by atoms with Crippen LogP contribution in [-0.2, 0) is 6.18 Å². The van der Waals surface area contributed by atoms with Gasteiger partial charge in [-0.1, -0.05) is 0 Å². The average Bonchev–Trinajstić information content (AvgIpc) is 3.04. The standard InChI is InChI=1S/C15H12F4N4S/c16-10-6-8(15(17,18)19)5-9-11(10)22-14(12-13(9)24-7-21-12)23-3-1-20-2-4-23/h5-7,20H,1-4H2. The molecule has 0 saturated carbocycles. The van der Waals surface area contributed by atoms with E-state index in [1.165, 1.54) is 11.3 Å². The molecule has 0 spiro atoms. The lowest BCUT2D eigenvalue weighted by atomic mass is 10.1. The summed E-state index contributed by atoms with van der Waals surface area (Å²) in [6.07, 6.45) is -4.61. The Hall–Kier alpha value is -2.00. The molecule has 0 bridgehead atoms. The monoisotopic (exact) mass is 356 g/mol. The molecule has 0 atom stereocenters. The predicted molar refractivity (Wildman–Crippen MR) is 85.0 cm³/mol. The summed E-state index contributed by atoms with van der Waals surface area (Å²) in [7, 11) is 0. The first-order valence-corrected chi connectivity index (χ1v) is 8.22. The van der Waals surface area contributed by atoms with E-state index in [1.54, 1.807) is 5.51 Å². The van der Waals surface area contributed by atoms with E-state index < -0.39 is 17.6 Å². The molecule has 0 radical (unpaired) electrons. The smallest absolute Gasteiger partial charge is 0.352 e. The van der Waals surface area contributed by atoms with Crippen LogP contribution in [0.4, 0.5) is 23.4 Å². The summed E-state index contributed by atoms with van der Waals surface area (Å²) in [5.41, 5.74) is 1.01. The van der Waals surface area contributed by atoms with E-state index in [4.69, 9.17) is 0 Å². The molecule has 4 rings (SSSR count). The number of rotatable bonds is 1. The quantitative estimate of drug-likeness (QED) is 0.679. The Bertz CT molecular complexity index is 915. The first-order chi connectivity index (χ1) is 11.4. The number of nitrogens with zero attached hydrogens (tertiary/aromatic N) is 3. The van der Waals surface area contributed by atoms with E-state index in [-0.39, 0.29) is 10.9 Å². The third kappa shape index (κ3) is 2.48. The molecule has 1 aliphatic rings. The van der Waals surface area contributed by atoms with Gasteiger partial charge in [0.05, 0.1) is 15.8 Å². The van der Waals surface area contributed by atoms with Crippen LogP contribution in [-0.4, -0.2) is 36.1 Å². The summed E-state index contributed by atoms with van der Waals surface area (Å²) in [5.74, 6) is -0.439.